The lowest BCUT2D eigenvalue weighted by atomic mass is 10.3. The van der Waals surface area contributed by atoms with Crippen molar-refractivity contribution in [2.45, 2.75) is 0 Å². The Hall–Kier alpha value is -0.190. The van der Waals surface area contributed by atoms with Crippen LogP contribution in [0.15, 0.2) is 16.0 Å². The lowest BCUT2D eigenvalue weighted by molar-refractivity contribution is 0.630. The van der Waals surface area contributed by atoms with Crippen LogP contribution in [0, 0.1) is 5.82 Å². The average Bonchev–Trinajstić information content (AvgIpc) is 2.30. The summed E-state index contributed by atoms with van der Waals surface area (Å²) in [4.78, 5) is 4.10. The molecule has 0 aliphatic rings. The van der Waals surface area contributed by atoms with Gasteiger partial charge in [0, 0.05) is 0 Å². The molecule has 0 radical (unpaired) electrons. The Morgan fingerprint density at radius 2 is 2.25 bits per heavy atom. The Balaban J connectivity index is 2.83. The maximum Gasteiger partial charge on any atom is 0.160 e. The number of rotatable bonds is 0. The van der Waals surface area contributed by atoms with Gasteiger partial charge in [-0.1, -0.05) is 11.6 Å². The van der Waals surface area contributed by atoms with Crippen LogP contribution in [0.1, 0.15) is 0 Å². The highest BCUT2D eigenvalue weighted by Gasteiger charge is 2.06. The summed E-state index contributed by atoms with van der Waals surface area (Å²) < 4.78 is 14.4. The van der Waals surface area contributed by atoms with E-state index in [1.54, 1.807) is 0 Å². The van der Waals surface area contributed by atoms with Gasteiger partial charge in [-0.2, -0.15) is 0 Å². The topological polar surface area (TPSA) is 12.9 Å². The molecule has 0 amide bonds. The van der Waals surface area contributed by atoms with Crippen molar-refractivity contribution in [2.75, 3.05) is 0 Å². The zero-order chi connectivity index (χ0) is 8.72. The van der Waals surface area contributed by atoms with E-state index < -0.39 is 5.82 Å². The lowest BCUT2D eigenvalue weighted by Crippen LogP contribution is -1.75. The minimum Gasteiger partial charge on any atom is -0.229 e. The van der Waals surface area contributed by atoms with Crippen molar-refractivity contribution in [1.82, 2.24) is 4.98 Å². The van der Waals surface area contributed by atoms with Crippen LogP contribution in [0.4, 0.5) is 4.39 Å². The highest BCUT2D eigenvalue weighted by Crippen LogP contribution is 2.29. The Morgan fingerprint density at radius 3 is 3.00 bits per heavy atom. The van der Waals surface area contributed by atoms with E-state index >= 15 is 0 Å². The highest BCUT2D eigenvalue weighted by atomic mass is 79.9. The molecule has 0 saturated carbocycles. The second kappa shape index (κ2) is 2.94. The summed E-state index contributed by atoms with van der Waals surface area (Å²) in [6.45, 7) is 0. The molecular formula is C7H2BrClFNS. The fraction of sp³-hybridized carbons (Fsp3) is 0. The van der Waals surface area contributed by atoms with Crippen LogP contribution in [0.3, 0.4) is 0 Å². The van der Waals surface area contributed by atoms with E-state index in [4.69, 9.17) is 11.6 Å². The first-order valence-corrected chi connectivity index (χ1v) is 5.06. The van der Waals surface area contributed by atoms with Crippen molar-refractivity contribution in [2.24, 2.45) is 0 Å². The summed E-state index contributed by atoms with van der Waals surface area (Å²) in [5, 5.41) is 0.111. The molecule has 0 spiro atoms. The summed E-state index contributed by atoms with van der Waals surface area (Å²) in [5.74, 6) is -0.402. The van der Waals surface area contributed by atoms with Crippen LogP contribution in [-0.4, -0.2) is 4.98 Å². The first-order valence-electron chi connectivity index (χ1n) is 3.08. The van der Waals surface area contributed by atoms with Crippen LogP contribution in [0.5, 0.6) is 0 Å². The van der Waals surface area contributed by atoms with Crippen LogP contribution in [0.2, 0.25) is 5.02 Å². The molecule has 1 nitrogen and oxygen atoms in total. The molecule has 12 heavy (non-hydrogen) atoms. The largest absolute Gasteiger partial charge is 0.229 e. The maximum absolute atomic E-state index is 12.9. The molecule has 0 N–H and O–H groups in total. The Bertz CT molecular complexity index is 403. The van der Waals surface area contributed by atoms with Crippen molar-refractivity contribution < 1.29 is 4.39 Å². The van der Waals surface area contributed by atoms with Crippen LogP contribution in [0.25, 0.3) is 10.2 Å². The van der Waals surface area contributed by atoms with Gasteiger partial charge in [-0.3, -0.25) is 0 Å². The van der Waals surface area contributed by atoms with Gasteiger partial charge in [0.15, 0.2) is 3.92 Å². The molecule has 0 saturated heterocycles. The predicted octanol–water partition coefficient (Wildman–Crippen LogP) is 3.85. The zero-order valence-corrected chi connectivity index (χ0v) is 8.80. The van der Waals surface area contributed by atoms with Crippen molar-refractivity contribution in [3.05, 3.63) is 26.9 Å². The standard InChI is InChI=1S/C7H2BrClFNS/c8-7-11-5-1-3(9)4(10)2-6(5)12-7/h1-2H. The molecule has 1 aromatic heterocycles. The molecule has 62 valence electrons. The number of thiazole rings is 1. The summed E-state index contributed by atoms with van der Waals surface area (Å²) >= 11 is 10.2. The first kappa shape index (κ1) is 8.41. The van der Waals surface area contributed by atoms with E-state index in [0.717, 1.165) is 14.1 Å². The predicted molar refractivity (Wildman–Crippen MR) is 52.3 cm³/mol. The molecule has 0 aliphatic heterocycles. The molecule has 0 bridgehead atoms. The minimum atomic E-state index is -0.402. The molecule has 2 rings (SSSR count). The smallest absolute Gasteiger partial charge is 0.160 e. The van der Waals surface area contributed by atoms with E-state index in [-0.39, 0.29) is 5.02 Å². The minimum absolute atomic E-state index is 0.111. The molecule has 0 aliphatic carbocycles. The molecule has 0 unspecified atom stereocenters. The van der Waals surface area contributed by atoms with Crippen LogP contribution < -0.4 is 0 Å². The van der Waals surface area contributed by atoms with Gasteiger partial charge in [0.2, 0.25) is 0 Å². The molecule has 1 aromatic carbocycles. The maximum atomic E-state index is 12.9. The van der Waals surface area contributed by atoms with Gasteiger partial charge in [-0.25, -0.2) is 9.37 Å². The molecule has 0 fully saturated rings. The van der Waals surface area contributed by atoms with E-state index in [1.807, 2.05) is 0 Å². The van der Waals surface area contributed by atoms with Gasteiger partial charge in [-0.05, 0) is 28.1 Å². The Morgan fingerprint density at radius 1 is 1.50 bits per heavy atom. The van der Waals surface area contributed by atoms with Crippen molar-refractivity contribution in [1.29, 1.82) is 0 Å². The average molecular weight is 267 g/mol. The third-order valence-corrected chi connectivity index (χ3v) is 3.16. The fourth-order valence-electron chi connectivity index (χ4n) is 0.895. The first-order chi connectivity index (χ1) is 5.66. The van der Waals surface area contributed by atoms with E-state index in [9.17, 15) is 4.39 Å². The van der Waals surface area contributed by atoms with Gasteiger partial charge < -0.3 is 0 Å². The van der Waals surface area contributed by atoms with E-state index in [0.29, 0.717) is 0 Å². The van der Waals surface area contributed by atoms with Crippen molar-refractivity contribution in [3.8, 4) is 0 Å². The monoisotopic (exact) mass is 265 g/mol. The summed E-state index contributed by atoms with van der Waals surface area (Å²) in [5.41, 5.74) is 0.721. The number of nitrogens with zero attached hydrogens (tertiary/aromatic N) is 1. The molecular weight excluding hydrogens is 265 g/mol. The number of hydrogen-bond acceptors (Lipinski definition) is 2. The highest BCUT2D eigenvalue weighted by molar-refractivity contribution is 9.11. The van der Waals surface area contributed by atoms with Crippen LogP contribution >= 0.6 is 38.9 Å². The van der Waals surface area contributed by atoms with E-state index in [1.165, 1.54) is 23.5 Å². The number of halogens is 3. The van der Waals surface area contributed by atoms with Gasteiger partial charge in [-0.15, -0.1) is 11.3 Å². The molecule has 2 aromatic rings. The van der Waals surface area contributed by atoms with Gasteiger partial charge in [0.25, 0.3) is 0 Å². The number of fused-ring (bicyclic) bond motifs is 1. The number of hydrogen-bond donors (Lipinski definition) is 0. The lowest BCUT2D eigenvalue weighted by Gasteiger charge is -1.91. The van der Waals surface area contributed by atoms with E-state index in [2.05, 4.69) is 20.9 Å². The van der Waals surface area contributed by atoms with Gasteiger partial charge in [0.05, 0.1) is 15.2 Å². The van der Waals surface area contributed by atoms with Gasteiger partial charge in [0.1, 0.15) is 5.82 Å². The Labute approximate surface area is 85.3 Å². The summed E-state index contributed by atoms with van der Waals surface area (Å²) in [6.07, 6.45) is 0. The number of aromatic nitrogens is 1. The number of benzene rings is 1. The summed E-state index contributed by atoms with van der Waals surface area (Å²) in [6, 6.07) is 2.91. The third-order valence-electron chi connectivity index (χ3n) is 1.40. The second-order valence-corrected chi connectivity index (χ2v) is 4.91. The Kier molecular flexibility index (Phi) is 2.06. The van der Waals surface area contributed by atoms with Crippen molar-refractivity contribution >= 4 is 49.1 Å². The van der Waals surface area contributed by atoms with Crippen LogP contribution in [-0.2, 0) is 0 Å². The second-order valence-electron chi connectivity index (χ2n) is 2.20. The molecule has 5 heteroatoms. The normalized spacial score (nSPS) is 10.9. The molecule has 1 heterocycles. The van der Waals surface area contributed by atoms with Crippen molar-refractivity contribution in [3.63, 3.8) is 0 Å². The quantitative estimate of drug-likeness (QED) is 0.706. The SMILES string of the molecule is Fc1cc2sc(Br)nc2cc1Cl. The summed E-state index contributed by atoms with van der Waals surface area (Å²) in [7, 11) is 0. The zero-order valence-electron chi connectivity index (χ0n) is 5.64. The van der Waals surface area contributed by atoms with Gasteiger partial charge >= 0.3 is 0 Å². The third kappa shape index (κ3) is 1.34. The molecule has 0 atom stereocenters. The fourth-order valence-corrected chi connectivity index (χ4v) is 2.46.